The minimum atomic E-state index is 0.315. The standard InChI is InChI=1S/C11H18ClN3.C6H12.C2H6/c1-3-10(7-13)5-4-9(2)15-11(6-12)8-14;1-2-6-4-3-5-6;1-2/h3-5,8H,6-7,13-14H2,1-2H3;6H,2-5H2,1H3;1-2H3/b5-4-,10-3+,11-8-,15-9+;;. The average molecular weight is 342 g/mol. The van der Waals surface area contributed by atoms with Crippen LogP contribution < -0.4 is 11.5 Å². The van der Waals surface area contributed by atoms with E-state index in [2.05, 4.69) is 11.9 Å². The highest BCUT2D eigenvalue weighted by molar-refractivity contribution is 6.19. The molecule has 23 heavy (non-hydrogen) atoms. The first-order chi connectivity index (χ1) is 11.1. The Hall–Kier alpha value is -1.06. The van der Waals surface area contributed by atoms with Crippen LogP contribution in [-0.2, 0) is 0 Å². The van der Waals surface area contributed by atoms with Gasteiger partial charge in [0.15, 0.2) is 0 Å². The van der Waals surface area contributed by atoms with Gasteiger partial charge in [0.05, 0.1) is 11.6 Å². The van der Waals surface area contributed by atoms with E-state index in [9.17, 15) is 0 Å². The van der Waals surface area contributed by atoms with Crippen molar-refractivity contribution in [1.82, 2.24) is 0 Å². The van der Waals surface area contributed by atoms with E-state index in [4.69, 9.17) is 23.1 Å². The summed E-state index contributed by atoms with van der Waals surface area (Å²) in [6.45, 7) is 10.6. The van der Waals surface area contributed by atoms with Gasteiger partial charge < -0.3 is 11.5 Å². The molecule has 0 aromatic carbocycles. The summed E-state index contributed by atoms with van der Waals surface area (Å²) in [5, 5.41) is 0. The molecule has 0 spiro atoms. The van der Waals surface area contributed by atoms with Gasteiger partial charge in [0, 0.05) is 18.5 Å². The summed E-state index contributed by atoms with van der Waals surface area (Å²) >= 11 is 5.62. The van der Waals surface area contributed by atoms with Gasteiger partial charge in [-0.1, -0.05) is 58.6 Å². The van der Waals surface area contributed by atoms with Crippen molar-refractivity contribution in [3.8, 4) is 0 Å². The molecule has 0 aromatic rings. The highest BCUT2D eigenvalue weighted by Gasteiger charge is 2.13. The highest BCUT2D eigenvalue weighted by Crippen LogP contribution is 2.28. The fourth-order valence-corrected chi connectivity index (χ4v) is 1.94. The van der Waals surface area contributed by atoms with E-state index in [1.165, 1.54) is 31.9 Å². The molecule has 0 aromatic heterocycles. The Kier molecular flexibility index (Phi) is 18.2. The molecule has 1 aliphatic rings. The van der Waals surface area contributed by atoms with Crippen molar-refractivity contribution in [3.05, 3.63) is 35.7 Å². The number of rotatable bonds is 6. The molecule has 0 saturated heterocycles. The normalized spacial score (nSPS) is 16.2. The van der Waals surface area contributed by atoms with Crippen LogP contribution in [0.3, 0.4) is 0 Å². The van der Waals surface area contributed by atoms with Crippen molar-refractivity contribution in [1.29, 1.82) is 0 Å². The predicted octanol–water partition coefficient (Wildman–Crippen LogP) is 5.17. The summed E-state index contributed by atoms with van der Waals surface area (Å²) in [5.41, 5.74) is 13.4. The first-order valence-electron chi connectivity index (χ1n) is 8.66. The second kappa shape index (κ2) is 17.3. The van der Waals surface area contributed by atoms with Crippen molar-refractivity contribution in [2.45, 2.75) is 60.3 Å². The maximum atomic E-state index is 5.62. The highest BCUT2D eigenvalue weighted by atomic mass is 35.5. The smallest absolute Gasteiger partial charge is 0.0708 e. The van der Waals surface area contributed by atoms with Gasteiger partial charge >= 0.3 is 0 Å². The van der Waals surface area contributed by atoms with E-state index in [0.717, 1.165) is 17.2 Å². The van der Waals surface area contributed by atoms with E-state index in [-0.39, 0.29) is 0 Å². The van der Waals surface area contributed by atoms with Gasteiger partial charge in [-0.2, -0.15) is 0 Å². The maximum absolute atomic E-state index is 5.62. The fourth-order valence-electron chi connectivity index (χ4n) is 1.79. The van der Waals surface area contributed by atoms with Crippen LogP contribution >= 0.6 is 11.6 Å². The Morgan fingerprint density at radius 3 is 2.13 bits per heavy atom. The summed E-state index contributed by atoms with van der Waals surface area (Å²) in [5.74, 6) is 1.43. The van der Waals surface area contributed by atoms with Gasteiger partial charge in [-0.25, -0.2) is 0 Å². The zero-order valence-electron chi connectivity index (χ0n) is 15.6. The van der Waals surface area contributed by atoms with E-state index >= 15 is 0 Å². The van der Waals surface area contributed by atoms with E-state index < -0.39 is 0 Å². The molecule has 1 fully saturated rings. The van der Waals surface area contributed by atoms with E-state index in [1.807, 2.05) is 45.9 Å². The Morgan fingerprint density at radius 1 is 1.26 bits per heavy atom. The topological polar surface area (TPSA) is 64.4 Å². The Balaban J connectivity index is 0. The number of nitrogens with two attached hydrogens (primary N) is 2. The lowest BCUT2D eigenvalue weighted by Gasteiger charge is -2.22. The molecule has 1 saturated carbocycles. The van der Waals surface area contributed by atoms with Gasteiger partial charge in [-0.05, 0) is 31.4 Å². The quantitative estimate of drug-likeness (QED) is 0.397. The molecular formula is C19H36ClN3. The monoisotopic (exact) mass is 341 g/mol. The number of allylic oxidation sites excluding steroid dienone is 3. The molecule has 0 aliphatic heterocycles. The summed E-state index contributed by atoms with van der Waals surface area (Å²) in [6.07, 6.45) is 13.1. The van der Waals surface area contributed by atoms with E-state index in [1.54, 1.807) is 0 Å². The SMILES string of the molecule is CC.CCC1CCC1.C\C=C(/C=C\C(C)=N\C(=C/N)CCl)CN. The van der Waals surface area contributed by atoms with Gasteiger partial charge in [0.2, 0.25) is 0 Å². The Morgan fingerprint density at radius 2 is 1.87 bits per heavy atom. The fraction of sp³-hybridized carbons (Fsp3) is 0.632. The molecule has 3 nitrogen and oxygen atoms in total. The molecule has 0 atom stereocenters. The van der Waals surface area contributed by atoms with Crippen LogP contribution in [0.2, 0.25) is 0 Å². The van der Waals surface area contributed by atoms with Crippen molar-refractivity contribution in [2.24, 2.45) is 22.4 Å². The first-order valence-corrected chi connectivity index (χ1v) is 9.19. The summed E-state index contributed by atoms with van der Waals surface area (Å²) in [6, 6.07) is 0. The number of alkyl halides is 1. The molecule has 0 unspecified atom stereocenters. The summed E-state index contributed by atoms with van der Waals surface area (Å²) in [4.78, 5) is 4.22. The zero-order valence-corrected chi connectivity index (χ0v) is 16.4. The number of aliphatic imine (C=N–C) groups is 1. The second-order valence-electron chi connectivity index (χ2n) is 5.15. The van der Waals surface area contributed by atoms with Gasteiger partial charge in [-0.15, -0.1) is 11.6 Å². The van der Waals surface area contributed by atoms with Gasteiger partial charge in [-0.3, -0.25) is 4.99 Å². The minimum absolute atomic E-state index is 0.315. The summed E-state index contributed by atoms with van der Waals surface area (Å²) < 4.78 is 0. The van der Waals surface area contributed by atoms with Crippen LogP contribution in [0.1, 0.15) is 60.3 Å². The number of halogens is 1. The lowest BCUT2D eigenvalue weighted by atomic mass is 9.84. The molecular weight excluding hydrogens is 306 g/mol. The van der Waals surface area contributed by atoms with Crippen molar-refractivity contribution in [3.63, 3.8) is 0 Å². The molecule has 1 rings (SSSR count). The Labute approximate surface area is 148 Å². The third-order valence-electron chi connectivity index (χ3n) is 3.60. The van der Waals surface area contributed by atoms with Crippen molar-refractivity contribution in [2.75, 3.05) is 12.4 Å². The van der Waals surface area contributed by atoms with Crippen molar-refractivity contribution >= 4 is 17.3 Å². The van der Waals surface area contributed by atoms with Crippen LogP contribution in [0, 0.1) is 5.92 Å². The lowest BCUT2D eigenvalue weighted by Crippen LogP contribution is -2.08. The molecule has 0 amide bonds. The minimum Gasteiger partial charge on any atom is -0.403 e. The molecule has 0 bridgehead atoms. The lowest BCUT2D eigenvalue weighted by molar-refractivity contribution is 0.307. The van der Waals surface area contributed by atoms with Crippen LogP contribution in [0.4, 0.5) is 0 Å². The second-order valence-corrected chi connectivity index (χ2v) is 5.42. The van der Waals surface area contributed by atoms with Crippen LogP contribution in [0.15, 0.2) is 40.7 Å². The third-order valence-corrected chi connectivity index (χ3v) is 3.87. The first kappa shape index (κ1) is 24.2. The molecule has 0 radical (unpaired) electrons. The van der Waals surface area contributed by atoms with Crippen LogP contribution in [0.5, 0.6) is 0 Å². The third kappa shape index (κ3) is 13.1. The number of hydrogen-bond acceptors (Lipinski definition) is 3. The molecule has 0 heterocycles. The predicted molar refractivity (Wildman–Crippen MR) is 107 cm³/mol. The van der Waals surface area contributed by atoms with Gasteiger partial charge in [0.25, 0.3) is 0 Å². The number of nitrogens with zero attached hydrogens (tertiary/aromatic N) is 1. The largest absolute Gasteiger partial charge is 0.403 e. The van der Waals surface area contributed by atoms with Crippen LogP contribution in [0.25, 0.3) is 0 Å². The molecule has 134 valence electrons. The molecule has 1 aliphatic carbocycles. The number of hydrogen-bond donors (Lipinski definition) is 2. The zero-order chi connectivity index (χ0) is 18.1. The van der Waals surface area contributed by atoms with Crippen LogP contribution in [-0.4, -0.2) is 18.1 Å². The molecule has 4 heteroatoms. The van der Waals surface area contributed by atoms with Gasteiger partial charge in [0.1, 0.15) is 0 Å². The molecule has 4 N–H and O–H groups in total. The average Bonchev–Trinajstić information content (AvgIpc) is 2.55. The van der Waals surface area contributed by atoms with E-state index in [0.29, 0.717) is 18.1 Å². The Bertz CT molecular complexity index is 389. The van der Waals surface area contributed by atoms with Crippen molar-refractivity contribution < 1.29 is 0 Å². The maximum Gasteiger partial charge on any atom is 0.0708 e. The summed E-state index contributed by atoms with van der Waals surface area (Å²) in [7, 11) is 0.